The Kier molecular flexibility index (Phi) is 3.86. The van der Waals surface area contributed by atoms with E-state index in [4.69, 9.17) is 0 Å². The lowest BCUT2D eigenvalue weighted by atomic mass is 10.2. The molecule has 1 heterocycles. The van der Waals surface area contributed by atoms with Gasteiger partial charge in [0, 0.05) is 30.4 Å². The zero-order chi connectivity index (χ0) is 11.9. The second-order valence-corrected chi connectivity index (χ2v) is 3.69. The minimum Gasteiger partial charge on any atom is -0.352 e. The summed E-state index contributed by atoms with van der Waals surface area (Å²) in [7, 11) is 0. The zero-order valence-electron chi connectivity index (χ0n) is 9.47. The molecule has 1 N–H and O–H groups in total. The molecule has 17 heavy (non-hydrogen) atoms. The Hall–Kier alpha value is -2.16. The molecule has 0 radical (unpaired) electrons. The van der Waals surface area contributed by atoms with Crippen LogP contribution in [0.2, 0.25) is 0 Å². The highest BCUT2D eigenvalue weighted by Gasteiger charge is 2.03. The predicted octanol–water partition coefficient (Wildman–Crippen LogP) is 2.05. The largest absolute Gasteiger partial charge is 0.352 e. The molecule has 0 atom stereocenters. The molecule has 2 rings (SSSR count). The summed E-state index contributed by atoms with van der Waals surface area (Å²) in [6.45, 7) is 0.602. The lowest BCUT2D eigenvalue weighted by molar-refractivity contribution is 0.0954. The van der Waals surface area contributed by atoms with Crippen LogP contribution >= 0.6 is 0 Å². The molecule has 1 aromatic carbocycles. The molecule has 2 aromatic rings. The van der Waals surface area contributed by atoms with E-state index in [9.17, 15) is 4.79 Å². The number of hydrogen-bond donors (Lipinski definition) is 1. The molecule has 0 unspecified atom stereocenters. The van der Waals surface area contributed by atoms with Crippen molar-refractivity contribution in [2.45, 2.75) is 6.42 Å². The van der Waals surface area contributed by atoms with E-state index in [1.165, 1.54) is 0 Å². The van der Waals surface area contributed by atoms with Crippen LogP contribution in [0.4, 0.5) is 0 Å². The number of amides is 1. The van der Waals surface area contributed by atoms with E-state index >= 15 is 0 Å². The number of aromatic nitrogens is 1. The van der Waals surface area contributed by atoms with Crippen LogP contribution in [-0.4, -0.2) is 17.4 Å². The lowest BCUT2D eigenvalue weighted by Crippen LogP contribution is -2.25. The van der Waals surface area contributed by atoms with Crippen molar-refractivity contribution in [2.75, 3.05) is 6.54 Å². The lowest BCUT2D eigenvalue weighted by Gasteiger charge is -2.04. The Morgan fingerprint density at radius 2 is 1.82 bits per heavy atom. The molecular weight excluding hydrogens is 212 g/mol. The third-order valence-corrected chi connectivity index (χ3v) is 2.43. The van der Waals surface area contributed by atoms with Crippen molar-refractivity contribution in [3.8, 4) is 0 Å². The van der Waals surface area contributed by atoms with E-state index in [0.717, 1.165) is 12.1 Å². The van der Waals surface area contributed by atoms with Crippen LogP contribution in [0.3, 0.4) is 0 Å². The van der Waals surface area contributed by atoms with Crippen molar-refractivity contribution < 1.29 is 4.79 Å². The fourth-order valence-electron chi connectivity index (χ4n) is 1.54. The van der Waals surface area contributed by atoms with Gasteiger partial charge in [-0.1, -0.05) is 24.3 Å². The number of nitrogens with one attached hydrogen (secondary N) is 1. The summed E-state index contributed by atoms with van der Waals surface area (Å²) in [5, 5.41) is 2.87. The van der Waals surface area contributed by atoms with Crippen LogP contribution in [0, 0.1) is 0 Å². The summed E-state index contributed by atoms with van der Waals surface area (Å²) >= 11 is 0. The first-order valence-corrected chi connectivity index (χ1v) is 5.59. The van der Waals surface area contributed by atoms with Gasteiger partial charge >= 0.3 is 0 Å². The van der Waals surface area contributed by atoms with E-state index < -0.39 is 0 Å². The summed E-state index contributed by atoms with van der Waals surface area (Å²) < 4.78 is 0. The molecule has 0 fully saturated rings. The summed E-state index contributed by atoms with van der Waals surface area (Å²) in [6.07, 6.45) is 2.51. The Labute approximate surface area is 101 Å². The highest BCUT2D eigenvalue weighted by molar-refractivity contribution is 5.94. The molecule has 1 aromatic heterocycles. The number of rotatable bonds is 4. The van der Waals surface area contributed by atoms with Gasteiger partial charge in [-0.3, -0.25) is 9.78 Å². The van der Waals surface area contributed by atoms with Crippen molar-refractivity contribution in [3.63, 3.8) is 0 Å². The first kappa shape index (κ1) is 11.3. The third-order valence-electron chi connectivity index (χ3n) is 2.43. The second kappa shape index (κ2) is 5.80. The number of carbonyl (C=O) groups is 1. The maximum Gasteiger partial charge on any atom is 0.251 e. The number of carbonyl (C=O) groups excluding carboxylic acids is 1. The molecule has 86 valence electrons. The maximum absolute atomic E-state index is 11.7. The number of benzene rings is 1. The Morgan fingerprint density at radius 1 is 1.06 bits per heavy atom. The van der Waals surface area contributed by atoms with Crippen LogP contribution < -0.4 is 5.32 Å². The normalized spacial score (nSPS) is 9.88. The van der Waals surface area contributed by atoms with Crippen LogP contribution in [0.15, 0.2) is 54.7 Å². The molecule has 0 aliphatic rings. The van der Waals surface area contributed by atoms with Gasteiger partial charge in [-0.2, -0.15) is 0 Å². The monoisotopic (exact) mass is 226 g/mol. The van der Waals surface area contributed by atoms with Gasteiger partial charge in [-0.15, -0.1) is 0 Å². The Morgan fingerprint density at radius 3 is 2.53 bits per heavy atom. The van der Waals surface area contributed by atoms with Crippen LogP contribution in [0.1, 0.15) is 16.1 Å². The van der Waals surface area contributed by atoms with E-state index in [-0.39, 0.29) is 5.91 Å². The van der Waals surface area contributed by atoms with Gasteiger partial charge in [-0.05, 0) is 24.3 Å². The van der Waals surface area contributed by atoms with E-state index in [2.05, 4.69) is 10.3 Å². The van der Waals surface area contributed by atoms with Crippen molar-refractivity contribution >= 4 is 5.91 Å². The minimum absolute atomic E-state index is 0.0402. The molecule has 0 saturated heterocycles. The summed E-state index contributed by atoms with van der Waals surface area (Å²) in [5.74, 6) is -0.0402. The molecule has 3 heteroatoms. The van der Waals surface area contributed by atoms with Crippen molar-refractivity contribution in [2.24, 2.45) is 0 Å². The standard InChI is InChI=1S/C14H14N2O/c17-14(12-6-2-1-3-7-12)16-11-9-13-8-4-5-10-15-13/h1-8,10H,9,11H2,(H,16,17). The highest BCUT2D eigenvalue weighted by atomic mass is 16.1. The van der Waals surface area contributed by atoms with Gasteiger partial charge in [-0.25, -0.2) is 0 Å². The van der Waals surface area contributed by atoms with Crippen LogP contribution in [0.5, 0.6) is 0 Å². The Bertz CT molecular complexity index is 468. The zero-order valence-corrected chi connectivity index (χ0v) is 9.47. The first-order valence-electron chi connectivity index (χ1n) is 5.59. The third kappa shape index (κ3) is 3.41. The van der Waals surface area contributed by atoms with Crippen LogP contribution in [-0.2, 0) is 6.42 Å². The highest BCUT2D eigenvalue weighted by Crippen LogP contribution is 1.98. The average molecular weight is 226 g/mol. The van der Waals surface area contributed by atoms with E-state index in [0.29, 0.717) is 12.1 Å². The van der Waals surface area contributed by atoms with E-state index in [1.807, 2.05) is 36.4 Å². The van der Waals surface area contributed by atoms with Gasteiger partial charge in [0.25, 0.3) is 5.91 Å². The van der Waals surface area contributed by atoms with Gasteiger partial charge < -0.3 is 5.32 Å². The number of nitrogens with zero attached hydrogens (tertiary/aromatic N) is 1. The molecule has 1 amide bonds. The first-order chi connectivity index (χ1) is 8.36. The van der Waals surface area contributed by atoms with Crippen molar-refractivity contribution in [1.29, 1.82) is 0 Å². The smallest absolute Gasteiger partial charge is 0.251 e. The molecule has 0 spiro atoms. The quantitative estimate of drug-likeness (QED) is 0.867. The molecule has 3 nitrogen and oxygen atoms in total. The topological polar surface area (TPSA) is 42.0 Å². The molecule has 0 saturated carbocycles. The number of hydrogen-bond acceptors (Lipinski definition) is 2. The summed E-state index contributed by atoms with van der Waals surface area (Å²) in [5.41, 5.74) is 1.68. The van der Waals surface area contributed by atoms with Gasteiger partial charge in [0.15, 0.2) is 0 Å². The summed E-state index contributed by atoms with van der Waals surface area (Å²) in [4.78, 5) is 15.9. The van der Waals surface area contributed by atoms with Gasteiger partial charge in [0.1, 0.15) is 0 Å². The van der Waals surface area contributed by atoms with Crippen LogP contribution in [0.25, 0.3) is 0 Å². The molecular formula is C14H14N2O. The molecule has 0 bridgehead atoms. The van der Waals surface area contributed by atoms with E-state index in [1.54, 1.807) is 18.3 Å². The number of pyridine rings is 1. The fraction of sp³-hybridized carbons (Fsp3) is 0.143. The summed E-state index contributed by atoms with van der Waals surface area (Å²) in [6, 6.07) is 15.0. The SMILES string of the molecule is O=C(NCCc1ccccn1)c1ccccc1. The van der Waals surface area contributed by atoms with Gasteiger partial charge in [0.2, 0.25) is 0 Å². The average Bonchev–Trinajstić information content (AvgIpc) is 2.41. The van der Waals surface area contributed by atoms with Crippen molar-refractivity contribution in [1.82, 2.24) is 10.3 Å². The van der Waals surface area contributed by atoms with Gasteiger partial charge in [0.05, 0.1) is 0 Å². The maximum atomic E-state index is 11.7. The Balaban J connectivity index is 1.82. The molecule has 0 aliphatic carbocycles. The predicted molar refractivity (Wildman–Crippen MR) is 66.7 cm³/mol. The molecule has 0 aliphatic heterocycles. The fourth-order valence-corrected chi connectivity index (χ4v) is 1.54. The second-order valence-electron chi connectivity index (χ2n) is 3.69. The minimum atomic E-state index is -0.0402. The van der Waals surface area contributed by atoms with Crippen molar-refractivity contribution in [3.05, 3.63) is 66.0 Å².